The van der Waals surface area contributed by atoms with Gasteiger partial charge in [0.05, 0.1) is 16.5 Å². The SMILES string of the molecule is Cc1nc(-c2ccc3c(c2)CCN3C(=O)CSc2nnc(-c3ccc(Cl)cc3)o2)cs1. The van der Waals surface area contributed by atoms with Gasteiger partial charge in [-0.25, -0.2) is 4.98 Å². The molecule has 0 N–H and O–H groups in total. The Hall–Kier alpha value is -2.68. The molecule has 0 atom stereocenters. The predicted octanol–water partition coefficient (Wildman–Crippen LogP) is 5.50. The van der Waals surface area contributed by atoms with Crippen molar-refractivity contribution in [2.75, 3.05) is 17.2 Å². The van der Waals surface area contributed by atoms with Crippen molar-refractivity contribution in [2.24, 2.45) is 0 Å². The van der Waals surface area contributed by atoms with E-state index in [0.29, 0.717) is 22.7 Å². The van der Waals surface area contributed by atoms with Crippen molar-refractivity contribution in [1.29, 1.82) is 0 Å². The minimum absolute atomic E-state index is 0.0206. The first kappa shape index (κ1) is 20.2. The number of carbonyl (C=O) groups excluding carboxylic acids is 1. The van der Waals surface area contributed by atoms with E-state index in [1.165, 1.54) is 17.3 Å². The van der Waals surface area contributed by atoms with Crippen LogP contribution in [0.2, 0.25) is 5.02 Å². The van der Waals surface area contributed by atoms with Gasteiger partial charge in [-0.15, -0.1) is 21.5 Å². The number of thioether (sulfide) groups is 1. The van der Waals surface area contributed by atoms with Gasteiger partial charge in [0.25, 0.3) is 5.22 Å². The first-order valence-electron chi connectivity index (χ1n) is 9.65. The van der Waals surface area contributed by atoms with E-state index in [4.69, 9.17) is 16.0 Å². The van der Waals surface area contributed by atoms with E-state index in [1.54, 1.807) is 23.5 Å². The number of halogens is 1. The maximum Gasteiger partial charge on any atom is 0.277 e. The second kappa shape index (κ2) is 8.45. The lowest BCUT2D eigenvalue weighted by molar-refractivity contribution is -0.116. The Morgan fingerprint density at radius 1 is 1.19 bits per heavy atom. The second-order valence-electron chi connectivity index (χ2n) is 7.06. The highest BCUT2D eigenvalue weighted by Gasteiger charge is 2.25. The number of fused-ring (bicyclic) bond motifs is 1. The third-order valence-corrected chi connectivity index (χ3v) is 6.84. The highest BCUT2D eigenvalue weighted by molar-refractivity contribution is 7.99. The number of hydrogen-bond acceptors (Lipinski definition) is 7. The normalized spacial score (nSPS) is 12.9. The van der Waals surface area contributed by atoms with Gasteiger partial charge in [0.15, 0.2) is 0 Å². The molecule has 5 rings (SSSR count). The first-order chi connectivity index (χ1) is 15.1. The molecule has 1 amide bonds. The van der Waals surface area contributed by atoms with Gasteiger partial charge in [0, 0.05) is 33.8 Å². The topological polar surface area (TPSA) is 72.1 Å². The Balaban J connectivity index is 1.25. The minimum atomic E-state index is 0.0206. The van der Waals surface area contributed by atoms with Crippen LogP contribution in [0.5, 0.6) is 0 Å². The van der Waals surface area contributed by atoms with Crippen LogP contribution < -0.4 is 4.90 Å². The number of benzene rings is 2. The summed E-state index contributed by atoms with van der Waals surface area (Å²) in [6.45, 7) is 2.68. The Morgan fingerprint density at radius 3 is 2.77 bits per heavy atom. The van der Waals surface area contributed by atoms with Gasteiger partial charge in [-0.2, -0.15) is 0 Å². The van der Waals surface area contributed by atoms with Crippen molar-refractivity contribution in [3.8, 4) is 22.7 Å². The molecule has 1 aliphatic rings. The van der Waals surface area contributed by atoms with Crippen LogP contribution in [0.3, 0.4) is 0 Å². The zero-order chi connectivity index (χ0) is 21.4. The maximum atomic E-state index is 12.8. The van der Waals surface area contributed by atoms with Crippen LogP contribution in [-0.2, 0) is 11.2 Å². The summed E-state index contributed by atoms with van der Waals surface area (Å²) in [5, 5.41) is 12.2. The molecule has 31 heavy (non-hydrogen) atoms. The number of aromatic nitrogens is 3. The predicted molar refractivity (Wildman–Crippen MR) is 124 cm³/mol. The lowest BCUT2D eigenvalue weighted by Crippen LogP contribution is -2.30. The monoisotopic (exact) mass is 468 g/mol. The summed E-state index contributed by atoms with van der Waals surface area (Å²) < 4.78 is 5.68. The molecule has 0 radical (unpaired) electrons. The zero-order valence-electron chi connectivity index (χ0n) is 16.5. The molecule has 2 aromatic carbocycles. The number of hydrogen-bond donors (Lipinski definition) is 0. The van der Waals surface area contributed by atoms with Crippen molar-refractivity contribution in [2.45, 2.75) is 18.6 Å². The summed E-state index contributed by atoms with van der Waals surface area (Å²) in [7, 11) is 0. The number of nitrogens with zero attached hydrogens (tertiary/aromatic N) is 4. The standard InChI is InChI=1S/C22H17ClN4O2S2/c1-13-24-18(11-30-13)15-4-7-19-16(10-15)8-9-27(19)20(28)12-31-22-26-25-21(29-22)14-2-5-17(23)6-3-14/h2-7,10-11H,8-9,12H2,1H3. The van der Waals surface area contributed by atoms with E-state index in [-0.39, 0.29) is 11.7 Å². The summed E-state index contributed by atoms with van der Waals surface area (Å²) >= 11 is 8.80. The maximum absolute atomic E-state index is 12.8. The van der Waals surface area contributed by atoms with E-state index >= 15 is 0 Å². The van der Waals surface area contributed by atoms with Crippen molar-refractivity contribution in [3.63, 3.8) is 0 Å². The molecule has 0 saturated heterocycles. The third-order valence-electron chi connectivity index (χ3n) is 5.01. The van der Waals surface area contributed by atoms with Crippen molar-refractivity contribution in [3.05, 3.63) is 63.4 Å². The zero-order valence-corrected chi connectivity index (χ0v) is 18.9. The lowest BCUT2D eigenvalue weighted by atomic mass is 10.1. The summed E-state index contributed by atoms with van der Waals surface area (Å²) in [6, 6.07) is 13.4. The molecule has 1 aliphatic heterocycles. The third kappa shape index (κ3) is 4.23. The van der Waals surface area contributed by atoms with Crippen LogP contribution in [-0.4, -0.2) is 33.4 Å². The summed E-state index contributed by atoms with van der Waals surface area (Å²) in [4.78, 5) is 19.2. The number of anilines is 1. The average Bonchev–Trinajstić information content (AvgIpc) is 3.51. The average molecular weight is 469 g/mol. The highest BCUT2D eigenvalue weighted by atomic mass is 35.5. The molecular formula is C22H17ClN4O2S2. The van der Waals surface area contributed by atoms with E-state index in [2.05, 4.69) is 26.6 Å². The van der Waals surface area contributed by atoms with Gasteiger partial charge in [0.2, 0.25) is 11.8 Å². The quantitative estimate of drug-likeness (QED) is 0.360. The molecule has 0 saturated carbocycles. The molecule has 0 aliphatic carbocycles. The Labute approximate surface area is 192 Å². The van der Waals surface area contributed by atoms with E-state index in [9.17, 15) is 4.79 Å². The minimum Gasteiger partial charge on any atom is -0.411 e. The van der Waals surface area contributed by atoms with E-state index in [0.717, 1.165) is 33.9 Å². The molecule has 3 heterocycles. The van der Waals surface area contributed by atoms with Crippen LogP contribution >= 0.6 is 34.7 Å². The van der Waals surface area contributed by atoms with Gasteiger partial charge in [-0.05, 0) is 55.3 Å². The van der Waals surface area contributed by atoms with Crippen molar-refractivity contribution < 1.29 is 9.21 Å². The van der Waals surface area contributed by atoms with Crippen molar-refractivity contribution >= 4 is 46.3 Å². The van der Waals surface area contributed by atoms with Gasteiger partial charge in [-0.3, -0.25) is 4.79 Å². The number of thiazole rings is 1. The van der Waals surface area contributed by atoms with Crippen LogP contribution in [0.1, 0.15) is 10.6 Å². The molecule has 0 bridgehead atoms. The molecule has 4 aromatic rings. The fraction of sp³-hybridized carbons (Fsp3) is 0.182. The number of aryl methyl sites for hydroxylation is 1. The van der Waals surface area contributed by atoms with Gasteiger partial charge >= 0.3 is 0 Å². The van der Waals surface area contributed by atoms with Crippen molar-refractivity contribution in [1.82, 2.24) is 15.2 Å². The molecule has 156 valence electrons. The highest BCUT2D eigenvalue weighted by Crippen LogP contribution is 2.33. The van der Waals surface area contributed by atoms with Crippen LogP contribution in [0, 0.1) is 6.92 Å². The molecule has 6 nitrogen and oxygen atoms in total. The summed E-state index contributed by atoms with van der Waals surface area (Å²) in [5.41, 5.74) is 5.00. The fourth-order valence-corrected chi connectivity index (χ4v) is 4.88. The number of amides is 1. The molecule has 9 heteroatoms. The Kier molecular flexibility index (Phi) is 5.52. The van der Waals surface area contributed by atoms with E-state index in [1.807, 2.05) is 36.1 Å². The molecule has 0 unspecified atom stereocenters. The first-order valence-corrected chi connectivity index (χ1v) is 11.9. The molecule has 0 spiro atoms. The Bertz CT molecular complexity index is 1250. The number of carbonyl (C=O) groups is 1. The number of rotatable bonds is 5. The largest absolute Gasteiger partial charge is 0.411 e. The molecular weight excluding hydrogens is 452 g/mol. The van der Waals surface area contributed by atoms with Gasteiger partial charge in [0.1, 0.15) is 0 Å². The smallest absolute Gasteiger partial charge is 0.277 e. The van der Waals surface area contributed by atoms with Gasteiger partial charge < -0.3 is 9.32 Å². The lowest BCUT2D eigenvalue weighted by Gasteiger charge is -2.16. The fourth-order valence-electron chi connectivity index (χ4n) is 3.49. The van der Waals surface area contributed by atoms with E-state index < -0.39 is 0 Å². The summed E-state index contributed by atoms with van der Waals surface area (Å²) in [5.74, 6) is 0.657. The molecule has 2 aromatic heterocycles. The van der Waals surface area contributed by atoms with Gasteiger partial charge in [-0.1, -0.05) is 29.4 Å². The summed E-state index contributed by atoms with van der Waals surface area (Å²) in [6.07, 6.45) is 0.837. The second-order valence-corrected chi connectivity index (χ2v) is 9.48. The van der Waals surface area contributed by atoms with Crippen LogP contribution in [0.4, 0.5) is 5.69 Å². The van der Waals surface area contributed by atoms with Crippen LogP contribution in [0.25, 0.3) is 22.7 Å². The Morgan fingerprint density at radius 2 is 2.00 bits per heavy atom. The van der Waals surface area contributed by atoms with Crippen LogP contribution in [0.15, 0.2) is 57.5 Å². The molecule has 0 fully saturated rings.